The summed E-state index contributed by atoms with van der Waals surface area (Å²) >= 11 is 0. The van der Waals surface area contributed by atoms with Gasteiger partial charge in [0.05, 0.1) is 36.0 Å². The molecule has 0 radical (unpaired) electrons. The van der Waals surface area contributed by atoms with Crippen LogP contribution in [-0.2, 0) is 33.5 Å². The molecular formula is C38H48F3N5O5. The fourth-order valence-corrected chi connectivity index (χ4v) is 6.00. The van der Waals surface area contributed by atoms with Crippen LogP contribution in [0, 0.1) is 5.92 Å². The van der Waals surface area contributed by atoms with Gasteiger partial charge in [-0.25, -0.2) is 0 Å². The molecule has 3 aromatic rings. The molecule has 4 rings (SSSR count). The van der Waals surface area contributed by atoms with Crippen molar-refractivity contribution in [1.29, 1.82) is 0 Å². The Morgan fingerprint density at radius 2 is 1.69 bits per heavy atom. The summed E-state index contributed by atoms with van der Waals surface area (Å²) in [4.78, 5) is 42.2. The van der Waals surface area contributed by atoms with Crippen LogP contribution in [0.4, 0.5) is 30.2 Å². The average Bonchev–Trinajstić information content (AvgIpc) is 3.12. The molecule has 0 saturated heterocycles. The van der Waals surface area contributed by atoms with Crippen LogP contribution in [0.25, 0.3) is 0 Å². The number of aliphatic hydroxyl groups is 1. The van der Waals surface area contributed by atoms with Crippen LogP contribution in [0.15, 0.2) is 66.7 Å². The number of hydrogen-bond donors (Lipinski definition) is 4. The van der Waals surface area contributed by atoms with E-state index < -0.39 is 23.9 Å². The van der Waals surface area contributed by atoms with E-state index in [1.807, 2.05) is 18.9 Å². The zero-order valence-corrected chi connectivity index (χ0v) is 29.3. The van der Waals surface area contributed by atoms with E-state index in [1.54, 1.807) is 54.3 Å². The number of carbonyl (C=O) groups is 3. The number of unbranched alkanes of at least 4 members (excludes halogenated alkanes) is 2. The Morgan fingerprint density at radius 3 is 2.33 bits per heavy atom. The number of halogens is 3. The first-order chi connectivity index (χ1) is 24.2. The Labute approximate surface area is 297 Å². The zero-order valence-electron chi connectivity index (χ0n) is 29.3. The van der Waals surface area contributed by atoms with Crippen molar-refractivity contribution in [2.45, 2.75) is 77.2 Å². The fraction of sp³-hybridized carbons (Fsp3) is 0.447. The highest BCUT2D eigenvalue weighted by atomic mass is 19.4. The normalized spacial score (nSPS) is 17.1. The lowest BCUT2D eigenvalue weighted by molar-refractivity contribution is -0.137. The number of alkyl halides is 3. The van der Waals surface area contributed by atoms with Crippen LogP contribution in [0.3, 0.4) is 0 Å². The molecule has 0 spiro atoms. The van der Waals surface area contributed by atoms with Crippen LogP contribution in [0.5, 0.6) is 5.75 Å². The van der Waals surface area contributed by atoms with E-state index in [-0.39, 0.29) is 43.1 Å². The predicted molar refractivity (Wildman–Crippen MR) is 191 cm³/mol. The first-order valence-corrected chi connectivity index (χ1v) is 17.2. The Bertz CT molecular complexity index is 1630. The molecule has 276 valence electrons. The average molecular weight is 712 g/mol. The summed E-state index contributed by atoms with van der Waals surface area (Å²) in [7, 11) is 1.86. The second kappa shape index (κ2) is 18.0. The highest BCUT2D eigenvalue weighted by Crippen LogP contribution is 2.31. The highest BCUT2D eigenvalue weighted by molar-refractivity contribution is 5.94. The van der Waals surface area contributed by atoms with E-state index in [4.69, 9.17) is 10.5 Å². The number of nitrogens with one attached hydrogen (secondary N) is 2. The van der Waals surface area contributed by atoms with Gasteiger partial charge in [0, 0.05) is 49.6 Å². The smallest absolute Gasteiger partial charge is 0.416 e. The lowest BCUT2D eigenvalue weighted by Crippen LogP contribution is -2.47. The van der Waals surface area contributed by atoms with Gasteiger partial charge in [0.15, 0.2) is 0 Å². The zero-order chi connectivity index (χ0) is 37.1. The highest BCUT2D eigenvalue weighted by Gasteiger charge is 2.32. The number of benzene rings is 3. The van der Waals surface area contributed by atoms with E-state index in [0.717, 1.165) is 12.1 Å². The number of ether oxygens (including phenoxy) is 1. The SMILES string of the molecule is C[C@@H]1CN([C@H](C)CO)C(=O)Cc2cc(NC(=O)CCCCCC(=O)Nc3ccccc3N)ccc2O[C@@H]1CN(C)Cc1ccc(C(F)(F)F)cc1. The largest absolute Gasteiger partial charge is 0.488 e. The molecule has 3 amide bonds. The van der Waals surface area contributed by atoms with Gasteiger partial charge < -0.3 is 31.1 Å². The third kappa shape index (κ3) is 11.7. The minimum Gasteiger partial charge on any atom is -0.488 e. The standard InChI is InChI=1S/C38H48F3N5O5/c1-25-21-46(26(2)24-47)37(50)20-28-19-30(43-35(48)11-5-4-6-12-36(49)44-32-10-8-7-9-31(32)42)17-18-33(28)51-34(25)23-45(3)22-27-13-15-29(16-14-27)38(39,40)41/h7-10,13-19,25-26,34,47H,4-6,11-12,20-24,42H2,1-3H3,(H,43,48)(H,44,49)/t25-,26-,34-/m1/s1. The maximum Gasteiger partial charge on any atom is 0.416 e. The predicted octanol–water partition coefficient (Wildman–Crippen LogP) is 6.10. The first-order valence-electron chi connectivity index (χ1n) is 17.2. The molecule has 1 aliphatic rings. The van der Waals surface area contributed by atoms with Crippen LogP contribution in [-0.4, -0.2) is 71.5 Å². The third-order valence-electron chi connectivity index (χ3n) is 8.97. The van der Waals surface area contributed by atoms with Gasteiger partial charge in [-0.1, -0.05) is 37.6 Å². The fourth-order valence-electron chi connectivity index (χ4n) is 6.00. The summed E-state index contributed by atoms with van der Waals surface area (Å²) in [6.07, 6.45) is -2.35. The number of amides is 3. The summed E-state index contributed by atoms with van der Waals surface area (Å²) in [6.45, 7) is 4.66. The van der Waals surface area contributed by atoms with Crippen molar-refractivity contribution in [3.8, 4) is 5.75 Å². The number of para-hydroxylation sites is 2. The van der Waals surface area contributed by atoms with Gasteiger partial charge in [-0.15, -0.1) is 0 Å². The Balaban J connectivity index is 1.37. The molecule has 0 saturated carbocycles. The van der Waals surface area contributed by atoms with Crippen LogP contribution in [0.1, 0.15) is 62.6 Å². The van der Waals surface area contributed by atoms with Crippen molar-refractivity contribution >= 4 is 34.8 Å². The molecule has 13 heteroatoms. The number of nitrogen functional groups attached to an aromatic ring is 1. The molecule has 5 N–H and O–H groups in total. The van der Waals surface area contributed by atoms with Crippen LogP contribution >= 0.6 is 0 Å². The first kappa shape index (κ1) is 39.2. The summed E-state index contributed by atoms with van der Waals surface area (Å²) in [6, 6.07) is 16.9. The van der Waals surface area contributed by atoms with Crippen molar-refractivity contribution in [3.05, 3.63) is 83.4 Å². The van der Waals surface area contributed by atoms with E-state index >= 15 is 0 Å². The van der Waals surface area contributed by atoms with E-state index in [1.165, 1.54) is 12.1 Å². The molecule has 0 bridgehead atoms. The molecule has 0 aliphatic carbocycles. The topological polar surface area (TPSA) is 137 Å². The van der Waals surface area contributed by atoms with Gasteiger partial charge in [0.2, 0.25) is 17.7 Å². The van der Waals surface area contributed by atoms with Crippen LogP contribution in [0.2, 0.25) is 0 Å². The summed E-state index contributed by atoms with van der Waals surface area (Å²) in [5.74, 6) is -0.186. The molecule has 0 unspecified atom stereocenters. The van der Waals surface area contributed by atoms with Crippen molar-refractivity contribution in [3.63, 3.8) is 0 Å². The maximum absolute atomic E-state index is 13.5. The Morgan fingerprint density at radius 1 is 1.02 bits per heavy atom. The number of fused-ring (bicyclic) bond motifs is 1. The number of nitrogens with two attached hydrogens (primary N) is 1. The lowest BCUT2D eigenvalue weighted by atomic mass is 10.0. The number of anilines is 3. The maximum atomic E-state index is 13.5. The minimum atomic E-state index is -4.41. The second-order valence-electron chi connectivity index (χ2n) is 13.3. The molecule has 10 nitrogen and oxygen atoms in total. The van der Waals surface area contributed by atoms with Crippen molar-refractivity contribution < 1.29 is 37.4 Å². The van der Waals surface area contributed by atoms with Crippen molar-refractivity contribution in [2.24, 2.45) is 5.92 Å². The Hall–Kier alpha value is -4.62. The molecule has 0 fully saturated rings. The monoisotopic (exact) mass is 711 g/mol. The third-order valence-corrected chi connectivity index (χ3v) is 8.97. The molecule has 0 aromatic heterocycles. The molecule has 1 aliphatic heterocycles. The molecule has 1 heterocycles. The summed E-state index contributed by atoms with van der Waals surface area (Å²) in [5.41, 5.74) is 8.06. The van der Waals surface area contributed by atoms with Crippen LogP contribution < -0.4 is 21.1 Å². The van der Waals surface area contributed by atoms with E-state index in [2.05, 4.69) is 10.6 Å². The second-order valence-corrected chi connectivity index (χ2v) is 13.3. The molecule has 51 heavy (non-hydrogen) atoms. The number of carbonyl (C=O) groups excluding carboxylic acids is 3. The van der Waals surface area contributed by atoms with Gasteiger partial charge >= 0.3 is 6.18 Å². The number of rotatable bonds is 14. The minimum absolute atomic E-state index is 0.000905. The summed E-state index contributed by atoms with van der Waals surface area (Å²) in [5, 5.41) is 15.6. The van der Waals surface area contributed by atoms with Gasteiger partial charge in [-0.3, -0.25) is 19.3 Å². The lowest BCUT2D eigenvalue weighted by Gasteiger charge is -2.34. The number of aliphatic hydroxyl groups excluding tert-OH is 1. The summed E-state index contributed by atoms with van der Waals surface area (Å²) < 4.78 is 45.7. The number of nitrogens with zero attached hydrogens (tertiary/aromatic N) is 2. The number of hydrogen-bond acceptors (Lipinski definition) is 7. The van der Waals surface area contributed by atoms with Gasteiger partial charge in [-0.05, 0) is 74.8 Å². The van der Waals surface area contributed by atoms with Crippen molar-refractivity contribution in [1.82, 2.24) is 9.80 Å². The Kier molecular flexibility index (Phi) is 13.9. The molecule has 3 atom stereocenters. The number of likely N-dealkylation sites (N-methyl/N-ethyl adjacent to an activating group) is 1. The van der Waals surface area contributed by atoms with Gasteiger partial charge in [0.1, 0.15) is 11.9 Å². The van der Waals surface area contributed by atoms with Gasteiger partial charge in [0.25, 0.3) is 0 Å². The molecular weight excluding hydrogens is 663 g/mol. The van der Waals surface area contributed by atoms with Crippen molar-refractivity contribution in [2.75, 3.05) is 43.1 Å². The molecule has 3 aromatic carbocycles. The quantitative estimate of drug-likeness (QED) is 0.117. The van der Waals surface area contributed by atoms with E-state index in [9.17, 15) is 32.7 Å². The van der Waals surface area contributed by atoms with Gasteiger partial charge in [-0.2, -0.15) is 13.2 Å². The van der Waals surface area contributed by atoms with E-state index in [0.29, 0.717) is 79.3 Å².